The Hall–Kier alpha value is -6.32. The molecule has 56 heavy (non-hydrogen) atoms. The number of allylic oxidation sites excluding steroid dienone is 4. The van der Waals surface area contributed by atoms with E-state index in [0.29, 0.717) is 18.4 Å². The highest BCUT2D eigenvalue weighted by atomic mass is 16.5. The summed E-state index contributed by atoms with van der Waals surface area (Å²) >= 11 is 0. The Balaban J connectivity index is 3.23. The van der Waals surface area contributed by atoms with E-state index in [2.05, 4.69) is 46.8 Å². The zero-order valence-electron chi connectivity index (χ0n) is 32.4. The Morgan fingerprint density at radius 3 is 1.21 bits per heavy atom. The largest absolute Gasteiger partial charge is 0.468 e. The van der Waals surface area contributed by atoms with Crippen molar-refractivity contribution in [3.05, 3.63) is 89.1 Å². The van der Waals surface area contributed by atoms with Crippen molar-refractivity contribution in [1.29, 1.82) is 0 Å². The maximum atomic E-state index is 13.2. The standard InChI is InChI=1S/C40H52N4O12/c1-28(37(49)41-24-33(45)53-2)14-11-19-31(39(51)43-26-35(47)55-4)21-13-23-32(40(52)44-27-36(48)56-5)22-12-20-30(38(50)42-25-34(46)54-3)18-10-9-17-29-15-7-6-8-16-29/h6-9,15-17,19-20,23H,1,10-14,18,21-22,24-27H2,2-5H3,(H,41,49)(H,42,50)(H,43,51)(H,44,52)/b17-9+,30-20+,31-19+,32-23+. The van der Waals surface area contributed by atoms with Crippen LogP contribution in [0.5, 0.6) is 0 Å². The molecule has 0 atom stereocenters. The number of methoxy groups -OCH3 is 4. The first-order valence-corrected chi connectivity index (χ1v) is 17.7. The molecule has 4 amide bonds. The third-order valence-electron chi connectivity index (χ3n) is 7.82. The Labute approximate surface area is 326 Å². The topological polar surface area (TPSA) is 222 Å². The summed E-state index contributed by atoms with van der Waals surface area (Å²) in [6, 6.07) is 9.61. The predicted molar refractivity (Wildman–Crippen MR) is 206 cm³/mol. The van der Waals surface area contributed by atoms with Crippen LogP contribution in [0, 0.1) is 0 Å². The summed E-state index contributed by atoms with van der Waals surface area (Å²) in [4.78, 5) is 98.0. The lowest BCUT2D eigenvalue weighted by Gasteiger charge is -2.11. The smallest absolute Gasteiger partial charge is 0.325 e. The summed E-state index contributed by atoms with van der Waals surface area (Å²) in [7, 11) is 4.75. The molecule has 1 rings (SSSR count). The Kier molecular flexibility index (Phi) is 24.0. The van der Waals surface area contributed by atoms with Gasteiger partial charge in [0.15, 0.2) is 0 Å². The maximum absolute atomic E-state index is 13.2. The maximum Gasteiger partial charge on any atom is 0.325 e. The van der Waals surface area contributed by atoms with E-state index in [9.17, 15) is 38.4 Å². The van der Waals surface area contributed by atoms with Crippen molar-refractivity contribution in [3.8, 4) is 0 Å². The fourth-order valence-corrected chi connectivity index (χ4v) is 4.65. The number of carbonyl (C=O) groups excluding carboxylic acids is 8. The van der Waals surface area contributed by atoms with Crippen LogP contribution in [0.15, 0.2) is 83.5 Å². The lowest BCUT2D eigenvalue weighted by atomic mass is 10.0. The first-order valence-electron chi connectivity index (χ1n) is 17.7. The predicted octanol–water partition coefficient (Wildman–Crippen LogP) is 2.31. The van der Waals surface area contributed by atoms with Crippen molar-refractivity contribution in [3.63, 3.8) is 0 Å². The van der Waals surface area contributed by atoms with Gasteiger partial charge in [0.1, 0.15) is 26.2 Å². The first-order chi connectivity index (χ1) is 26.8. The minimum absolute atomic E-state index is 0.104. The van der Waals surface area contributed by atoms with Crippen molar-refractivity contribution < 1.29 is 57.3 Å². The zero-order valence-corrected chi connectivity index (χ0v) is 32.4. The van der Waals surface area contributed by atoms with Gasteiger partial charge in [-0.3, -0.25) is 38.4 Å². The molecule has 0 saturated heterocycles. The van der Waals surface area contributed by atoms with E-state index in [0.717, 1.165) is 5.56 Å². The van der Waals surface area contributed by atoms with Crippen molar-refractivity contribution >= 4 is 53.6 Å². The minimum Gasteiger partial charge on any atom is -0.468 e. The molecule has 1 aromatic rings. The van der Waals surface area contributed by atoms with Gasteiger partial charge in [0, 0.05) is 22.3 Å². The fraction of sp³-hybridized carbons (Fsp3) is 0.400. The van der Waals surface area contributed by atoms with Gasteiger partial charge < -0.3 is 40.2 Å². The average Bonchev–Trinajstić information content (AvgIpc) is 3.21. The normalized spacial score (nSPS) is 11.5. The van der Waals surface area contributed by atoms with Crippen molar-refractivity contribution in [2.75, 3.05) is 54.6 Å². The molecule has 0 fully saturated rings. The lowest BCUT2D eigenvalue weighted by Crippen LogP contribution is -2.32. The van der Waals surface area contributed by atoms with Gasteiger partial charge in [-0.05, 0) is 56.9 Å². The van der Waals surface area contributed by atoms with E-state index >= 15 is 0 Å². The first kappa shape index (κ1) is 47.7. The average molecular weight is 781 g/mol. The van der Waals surface area contributed by atoms with Crippen molar-refractivity contribution in [2.45, 2.75) is 51.4 Å². The SMILES string of the molecule is C=C(CC/C=C(\CC/C=C(\CC/C=C(\CC/C=C/c1ccccc1)C(=O)NCC(=O)OC)C(=O)NCC(=O)OC)C(=O)NCC(=O)OC)C(=O)NCC(=O)OC. The molecule has 16 heteroatoms. The highest BCUT2D eigenvalue weighted by Gasteiger charge is 2.16. The van der Waals surface area contributed by atoms with Gasteiger partial charge in [0.05, 0.1) is 28.4 Å². The lowest BCUT2D eigenvalue weighted by molar-refractivity contribution is -0.141. The van der Waals surface area contributed by atoms with Crippen LogP contribution in [0.1, 0.15) is 56.9 Å². The number of ether oxygens (including phenoxy) is 4. The van der Waals surface area contributed by atoms with E-state index in [4.69, 9.17) is 0 Å². The van der Waals surface area contributed by atoms with E-state index in [1.54, 1.807) is 18.2 Å². The number of hydrogen-bond donors (Lipinski definition) is 4. The number of amides is 4. The van der Waals surface area contributed by atoms with Gasteiger partial charge in [-0.15, -0.1) is 0 Å². The fourth-order valence-electron chi connectivity index (χ4n) is 4.65. The summed E-state index contributed by atoms with van der Waals surface area (Å²) in [6.07, 6.45) is 10.5. The molecule has 304 valence electrons. The number of esters is 4. The van der Waals surface area contributed by atoms with Crippen LogP contribution in [0.2, 0.25) is 0 Å². The van der Waals surface area contributed by atoms with E-state index < -0.39 is 60.6 Å². The Morgan fingerprint density at radius 2 is 0.839 bits per heavy atom. The molecule has 0 aliphatic heterocycles. The van der Waals surface area contributed by atoms with E-state index in [-0.39, 0.29) is 68.3 Å². The number of nitrogens with one attached hydrogen (secondary N) is 4. The number of carbonyl (C=O) groups is 8. The number of hydrogen-bond acceptors (Lipinski definition) is 12. The van der Waals surface area contributed by atoms with Gasteiger partial charge in [-0.25, -0.2) is 0 Å². The molecule has 0 spiro atoms. The highest BCUT2D eigenvalue weighted by Crippen LogP contribution is 2.17. The molecule has 0 aromatic heterocycles. The molecular formula is C40H52N4O12. The summed E-state index contributed by atoms with van der Waals surface area (Å²) < 4.78 is 18.3. The van der Waals surface area contributed by atoms with Gasteiger partial charge in [0.2, 0.25) is 23.6 Å². The third kappa shape index (κ3) is 20.8. The molecule has 0 saturated carbocycles. The summed E-state index contributed by atoms with van der Waals surface area (Å²) in [5.41, 5.74) is 2.03. The second-order valence-electron chi connectivity index (χ2n) is 11.8. The van der Waals surface area contributed by atoms with Crippen LogP contribution < -0.4 is 21.3 Å². The molecule has 4 N–H and O–H groups in total. The second-order valence-corrected chi connectivity index (χ2v) is 11.8. The van der Waals surface area contributed by atoms with Gasteiger partial charge >= 0.3 is 23.9 Å². The molecule has 0 unspecified atom stereocenters. The van der Waals surface area contributed by atoms with Crippen LogP contribution in [0.4, 0.5) is 0 Å². The van der Waals surface area contributed by atoms with Crippen LogP contribution >= 0.6 is 0 Å². The molecule has 16 nitrogen and oxygen atoms in total. The monoisotopic (exact) mass is 780 g/mol. The summed E-state index contributed by atoms with van der Waals surface area (Å²) in [5, 5.41) is 9.91. The van der Waals surface area contributed by atoms with Crippen LogP contribution in [-0.4, -0.2) is 102 Å². The van der Waals surface area contributed by atoms with E-state index in [1.807, 2.05) is 42.5 Å². The Morgan fingerprint density at radius 1 is 0.500 bits per heavy atom. The second kappa shape index (κ2) is 28.2. The van der Waals surface area contributed by atoms with Gasteiger partial charge in [-0.2, -0.15) is 0 Å². The van der Waals surface area contributed by atoms with Gasteiger partial charge in [-0.1, -0.05) is 67.3 Å². The number of rotatable bonds is 25. The molecule has 0 heterocycles. The highest BCUT2D eigenvalue weighted by molar-refractivity contribution is 5.97. The molecule has 0 bridgehead atoms. The van der Waals surface area contributed by atoms with Crippen molar-refractivity contribution in [2.24, 2.45) is 0 Å². The quantitative estimate of drug-likeness (QED) is 0.0638. The van der Waals surface area contributed by atoms with Crippen molar-refractivity contribution in [1.82, 2.24) is 21.3 Å². The van der Waals surface area contributed by atoms with Crippen LogP contribution in [0.3, 0.4) is 0 Å². The minimum atomic E-state index is -0.670. The Bertz CT molecular complexity index is 1660. The number of benzene rings is 1. The summed E-state index contributed by atoms with van der Waals surface area (Å²) in [5.74, 6) is -4.77. The molecule has 0 aliphatic carbocycles. The van der Waals surface area contributed by atoms with Crippen LogP contribution in [0.25, 0.3) is 6.08 Å². The molecule has 0 aliphatic rings. The zero-order chi connectivity index (χ0) is 41.7. The van der Waals surface area contributed by atoms with E-state index in [1.165, 1.54) is 28.4 Å². The van der Waals surface area contributed by atoms with Crippen LogP contribution in [-0.2, 0) is 57.3 Å². The molecular weight excluding hydrogens is 728 g/mol. The molecule has 1 aromatic carbocycles. The van der Waals surface area contributed by atoms with Gasteiger partial charge in [0.25, 0.3) is 0 Å². The molecule has 0 radical (unpaired) electrons. The summed E-state index contributed by atoms with van der Waals surface area (Å²) in [6.45, 7) is 2.28. The third-order valence-corrected chi connectivity index (χ3v) is 7.82.